The standard InChI is InChI=1S/C22H30N4O2S2/c1-15-5-7-16(8-6-15)21(28)24-22-23-20(17-4-3-13-29-17)18(30-22)14-19(27)26-11-9-25(2)10-12-26/h3-4,13,15-16H,5-12,14H2,1-2H3,(H,23,24,28). The lowest BCUT2D eigenvalue weighted by atomic mass is 9.82. The number of hydrogen-bond acceptors (Lipinski definition) is 6. The van der Waals surface area contributed by atoms with Gasteiger partial charge in [-0.15, -0.1) is 22.7 Å². The summed E-state index contributed by atoms with van der Waals surface area (Å²) < 4.78 is 0. The molecule has 0 atom stereocenters. The number of thiophene rings is 1. The van der Waals surface area contributed by atoms with Crippen molar-refractivity contribution in [2.75, 3.05) is 38.5 Å². The Bertz CT molecular complexity index is 864. The molecule has 2 amide bonds. The topological polar surface area (TPSA) is 65.5 Å². The summed E-state index contributed by atoms with van der Waals surface area (Å²) in [6.07, 6.45) is 4.46. The first-order valence-electron chi connectivity index (χ1n) is 10.8. The van der Waals surface area contributed by atoms with E-state index in [1.807, 2.05) is 22.4 Å². The van der Waals surface area contributed by atoms with Crippen LogP contribution in [-0.4, -0.2) is 59.8 Å². The fraction of sp³-hybridized carbons (Fsp3) is 0.591. The van der Waals surface area contributed by atoms with Gasteiger partial charge in [0.1, 0.15) is 0 Å². The highest BCUT2D eigenvalue weighted by Gasteiger charge is 2.27. The number of nitrogens with zero attached hydrogens (tertiary/aromatic N) is 3. The summed E-state index contributed by atoms with van der Waals surface area (Å²) >= 11 is 3.06. The van der Waals surface area contributed by atoms with Crippen LogP contribution in [0.5, 0.6) is 0 Å². The van der Waals surface area contributed by atoms with Crippen LogP contribution in [0.3, 0.4) is 0 Å². The van der Waals surface area contributed by atoms with Gasteiger partial charge in [0, 0.05) is 37.0 Å². The number of amides is 2. The van der Waals surface area contributed by atoms with E-state index in [2.05, 4.69) is 24.2 Å². The van der Waals surface area contributed by atoms with Gasteiger partial charge in [-0.1, -0.05) is 13.0 Å². The van der Waals surface area contributed by atoms with Gasteiger partial charge in [0.05, 0.1) is 17.0 Å². The van der Waals surface area contributed by atoms with Crippen LogP contribution in [0.15, 0.2) is 17.5 Å². The highest BCUT2D eigenvalue weighted by molar-refractivity contribution is 7.17. The number of piperazine rings is 1. The number of hydrogen-bond donors (Lipinski definition) is 1. The summed E-state index contributed by atoms with van der Waals surface area (Å²) in [6, 6.07) is 4.02. The predicted molar refractivity (Wildman–Crippen MR) is 123 cm³/mol. The Labute approximate surface area is 186 Å². The average molecular weight is 447 g/mol. The van der Waals surface area contributed by atoms with Crippen LogP contribution in [0.25, 0.3) is 10.6 Å². The third-order valence-electron chi connectivity index (χ3n) is 6.24. The second-order valence-corrected chi connectivity index (χ2v) is 10.6. The first-order chi connectivity index (χ1) is 14.5. The van der Waals surface area contributed by atoms with Crippen LogP contribution in [0, 0.1) is 11.8 Å². The molecule has 1 aliphatic heterocycles. The van der Waals surface area contributed by atoms with E-state index in [1.54, 1.807) is 11.3 Å². The molecule has 6 nitrogen and oxygen atoms in total. The van der Waals surface area contributed by atoms with Crippen molar-refractivity contribution in [1.82, 2.24) is 14.8 Å². The predicted octanol–water partition coefficient (Wildman–Crippen LogP) is 3.95. The molecular formula is C22H30N4O2S2. The smallest absolute Gasteiger partial charge is 0.229 e. The lowest BCUT2D eigenvalue weighted by molar-refractivity contribution is -0.132. The zero-order valence-corrected chi connectivity index (χ0v) is 19.4. The minimum atomic E-state index is 0.0744. The maximum Gasteiger partial charge on any atom is 0.229 e. The fourth-order valence-corrected chi connectivity index (χ4v) is 5.94. The monoisotopic (exact) mass is 446 g/mol. The average Bonchev–Trinajstić information content (AvgIpc) is 3.39. The van der Waals surface area contributed by atoms with E-state index in [4.69, 9.17) is 4.98 Å². The van der Waals surface area contributed by atoms with E-state index in [1.165, 1.54) is 11.3 Å². The van der Waals surface area contributed by atoms with Crippen molar-refractivity contribution in [2.24, 2.45) is 11.8 Å². The lowest BCUT2D eigenvalue weighted by Gasteiger charge is -2.32. The minimum Gasteiger partial charge on any atom is -0.340 e. The summed E-state index contributed by atoms with van der Waals surface area (Å²) in [7, 11) is 2.09. The van der Waals surface area contributed by atoms with Gasteiger partial charge in [-0.3, -0.25) is 9.59 Å². The minimum absolute atomic E-state index is 0.0744. The maximum absolute atomic E-state index is 12.9. The van der Waals surface area contributed by atoms with Gasteiger partial charge in [0.25, 0.3) is 0 Å². The molecule has 2 aliphatic rings. The van der Waals surface area contributed by atoms with Crippen molar-refractivity contribution in [2.45, 2.75) is 39.0 Å². The Hall–Kier alpha value is -1.77. The quantitative estimate of drug-likeness (QED) is 0.755. The van der Waals surface area contributed by atoms with Gasteiger partial charge in [-0.2, -0.15) is 0 Å². The molecule has 1 saturated heterocycles. The first kappa shape index (κ1) is 21.5. The summed E-state index contributed by atoms with van der Waals surface area (Å²) in [6.45, 7) is 5.62. The number of likely N-dealkylation sites (N-methyl/N-ethyl adjacent to an activating group) is 1. The molecule has 2 fully saturated rings. The van der Waals surface area contributed by atoms with Crippen molar-refractivity contribution in [3.63, 3.8) is 0 Å². The summed E-state index contributed by atoms with van der Waals surface area (Å²) in [5.41, 5.74) is 0.838. The number of anilines is 1. The van der Waals surface area contributed by atoms with E-state index < -0.39 is 0 Å². The molecule has 8 heteroatoms. The number of carbonyl (C=O) groups excluding carboxylic acids is 2. The van der Waals surface area contributed by atoms with Crippen molar-refractivity contribution >= 4 is 39.6 Å². The number of rotatable bonds is 5. The Morgan fingerprint density at radius 3 is 2.57 bits per heavy atom. The van der Waals surface area contributed by atoms with Gasteiger partial charge < -0.3 is 15.1 Å². The lowest BCUT2D eigenvalue weighted by Crippen LogP contribution is -2.47. The summed E-state index contributed by atoms with van der Waals surface area (Å²) in [5, 5.41) is 5.68. The molecule has 0 unspecified atom stereocenters. The van der Waals surface area contributed by atoms with Gasteiger partial charge in [-0.05, 0) is 50.1 Å². The summed E-state index contributed by atoms with van der Waals surface area (Å²) in [4.78, 5) is 36.6. The third-order valence-corrected chi connectivity index (χ3v) is 8.08. The SMILES string of the molecule is CC1CCC(C(=O)Nc2nc(-c3cccs3)c(CC(=O)N3CCN(C)CC3)s2)CC1. The molecule has 4 rings (SSSR count). The Balaban J connectivity index is 1.48. The zero-order chi connectivity index (χ0) is 21.1. The van der Waals surface area contributed by atoms with E-state index in [0.29, 0.717) is 17.5 Å². The molecule has 2 aromatic rings. The van der Waals surface area contributed by atoms with Crippen LogP contribution < -0.4 is 5.32 Å². The highest BCUT2D eigenvalue weighted by atomic mass is 32.1. The van der Waals surface area contributed by atoms with Gasteiger partial charge in [0.2, 0.25) is 11.8 Å². The van der Waals surface area contributed by atoms with E-state index in [0.717, 1.165) is 67.3 Å². The number of aromatic nitrogens is 1. The van der Waals surface area contributed by atoms with Gasteiger partial charge in [0.15, 0.2) is 5.13 Å². The molecule has 0 spiro atoms. The largest absolute Gasteiger partial charge is 0.340 e. The van der Waals surface area contributed by atoms with Crippen molar-refractivity contribution in [1.29, 1.82) is 0 Å². The molecule has 0 aromatic carbocycles. The number of carbonyl (C=O) groups is 2. The second-order valence-electron chi connectivity index (χ2n) is 8.57. The molecule has 1 saturated carbocycles. The molecule has 1 aliphatic carbocycles. The van der Waals surface area contributed by atoms with Crippen LogP contribution >= 0.6 is 22.7 Å². The fourth-order valence-electron chi connectivity index (χ4n) is 4.17. The number of nitrogens with one attached hydrogen (secondary N) is 1. The molecule has 0 radical (unpaired) electrons. The van der Waals surface area contributed by atoms with E-state index in [-0.39, 0.29) is 17.7 Å². The molecule has 30 heavy (non-hydrogen) atoms. The third kappa shape index (κ3) is 5.10. The summed E-state index contributed by atoms with van der Waals surface area (Å²) in [5.74, 6) is 1.01. The highest BCUT2D eigenvalue weighted by Crippen LogP contribution is 2.35. The van der Waals surface area contributed by atoms with Crippen molar-refractivity contribution in [3.8, 4) is 10.6 Å². The normalized spacial score (nSPS) is 22.8. The van der Waals surface area contributed by atoms with Crippen LogP contribution in [0.4, 0.5) is 5.13 Å². The molecule has 0 bridgehead atoms. The van der Waals surface area contributed by atoms with Gasteiger partial charge >= 0.3 is 0 Å². The van der Waals surface area contributed by atoms with E-state index >= 15 is 0 Å². The van der Waals surface area contributed by atoms with Crippen LogP contribution in [-0.2, 0) is 16.0 Å². The Morgan fingerprint density at radius 1 is 1.17 bits per heavy atom. The zero-order valence-electron chi connectivity index (χ0n) is 17.7. The van der Waals surface area contributed by atoms with Crippen LogP contribution in [0.2, 0.25) is 0 Å². The number of thiazole rings is 1. The first-order valence-corrected chi connectivity index (χ1v) is 12.5. The van der Waals surface area contributed by atoms with Crippen molar-refractivity contribution < 1.29 is 9.59 Å². The second kappa shape index (κ2) is 9.58. The molecule has 2 aromatic heterocycles. The molecular weight excluding hydrogens is 416 g/mol. The Kier molecular flexibility index (Phi) is 6.85. The van der Waals surface area contributed by atoms with Gasteiger partial charge in [-0.25, -0.2) is 4.98 Å². The molecule has 1 N–H and O–H groups in total. The Morgan fingerprint density at radius 2 is 1.90 bits per heavy atom. The molecule has 3 heterocycles. The van der Waals surface area contributed by atoms with Crippen molar-refractivity contribution in [3.05, 3.63) is 22.4 Å². The maximum atomic E-state index is 12.9. The van der Waals surface area contributed by atoms with E-state index in [9.17, 15) is 9.59 Å². The van der Waals surface area contributed by atoms with Crippen LogP contribution in [0.1, 0.15) is 37.5 Å². The molecule has 162 valence electrons.